The van der Waals surface area contributed by atoms with E-state index in [4.69, 9.17) is 0 Å². The summed E-state index contributed by atoms with van der Waals surface area (Å²) in [5.41, 5.74) is 1.09. The lowest BCUT2D eigenvalue weighted by molar-refractivity contribution is 0.234. The molecule has 118 valence electrons. The number of nitrogens with one attached hydrogen (secondary N) is 2. The molecule has 7 heteroatoms. The summed E-state index contributed by atoms with van der Waals surface area (Å²) in [5, 5.41) is 9.40. The number of aryl methyl sites for hydroxylation is 1. The summed E-state index contributed by atoms with van der Waals surface area (Å²) in [7, 11) is 1.79. The van der Waals surface area contributed by atoms with Crippen LogP contribution in [-0.4, -0.2) is 15.8 Å². The second-order valence-electron chi connectivity index (χ2n) is 5.17. The first-order valence-corrected chi connectivity index (χ1v) is 6.87. The second kappa shape index (κ2) is 6.55. The predicted octanol–water partition coefficient (Wildman–Crippen LogP) is 2.82. The molecule has 0 bridgehead atoms. The molecule has 0 fully saturated rings. The molecule has 22 heavy (non-hydrogen) atoms. The first-order valence-electron chi connectivity index (χ1n) is 6.87. The summed E-state index contributed by atoms with van der Waals surface area (Å²) < 4.78 is 28.2. The lowest BCUT2D eigenvalue weighted by Crippen LogP contribution is -2.38. The van der Waals surface area contributed by atoms with Crippen molar-refractivity contribution in [3.05, 3.63) is 53.4 Å². The Kier molecular flexibility index (Phi) is 4.75. The van der Waals surface area contributed by atoms with Crippen LogP contribution in [0.1, 0.15) is 37.1 Å². The van der Waals surface area contributed by atoms with Gasteiger partial charge in [-0.2, -0.15) is 5.10 Å². The second-order valence-corrected chi connectivity index (χ2v) is 5.17. The number of carbonyl (C=O) groups is 1. The molecule has 5 nitrogen and oxygen atoms in total. The van der Waals surface area contributed by atoms with Crippen molar-refractivity contribution in [2.24, 2.45) is 7.05 Å². The van der Waals surface area contributed by atoms with Crippen molar-refractivity contribution in [2.75, 3.05) is 0 Å². The van der Waals surface area contributed by atoms with Crippen molar-refractivity contribution in [3.63, 3.8) is 0 Å². The Labute approximate surface area is 127 Å². The van der Waals surface area contributed by atoms with Crippen molar-refractivity contribution in [1.29, 1.82) is 0 Å². The third-order valence-corrected chi connectivity index (χ3v) is 3.35. The molecule has 0 aliphatic heterocycles. The van der Waals surface area contributed by atoms with Gasteiger partial charge in [-0.05, 0) is 19.9 Å². The number of benzene rings is 1. The van der Waals surface area contributed by atoms with Crippen molar-refractivity contribution in [1.82, 2.24) is 20.4 Å². The van der Waals surface area contributed by atoms with E-state index in [2.05, 4.69) is 15.7 Å². The summed E-state index contributed by atoms with van der Waals surface area (Å²) in [5.74, 6) is -1.34. The van der Waals surface area contributed by atoms with Gasteiger partial charge in [-0.3, -0.25) is 4.68 Å². The van der Waals surface area contributed by atoms with E-state index < -0.39 is 23.7 Å². The highest BCUT2D eigenvalue weighted by molar-refractivity contribution is 5.74. The van der Waals surface area contributed by atoms with E-state index in [-0.39, 0.29) is 11.6 Å². The van der Waals surface area contributed by atoms with E-state index in [1.807, 2.05) is 6.92 Å². The Bertz CT molecular complexity index is 671. The first kappa shape index (κ1) is 15.9. The molecule has 0 saturated carbocycles. The lowest BCUT2D eigenvalue weighted by Gasteiger charge is -2.18. The number of hydrogen-bond donors (Lipinski definition) is 2. The lowest BCUT2D eigenvalue weighted by atomic mass is 10.1. The van der Waals surface area contributed by atoms with Gasteiger partial charge in [-0.25, -0.2) is 13.6 Å². The van der Waals surface area contributed by atoms with Crippen molar-refractivity contribution in [2.45, 2.75) is 25.9 Å². The highest BCUT2D eigenvalue weighted by atomic mass is 19.1. The zero-order valence-corrected chi connectivity index (χ0v) is 12.6. The maximum absolute atomic E-state index is 13.7. The summed E-state index contributed by atoms with van der Waals surface area (Å²) in [6.45, 7) is 3.45. The highest BCUT2D eigenvalue weighted by Crippen LogP contribution is 2.18. The molecule has 0 aliphatic rings. The van der Waals surface area contributed by atoms with Gasteiger partial charge in [0.15, 0.2) is 0 Å². The Balaban J connectivity index is 1.96. The van der Waals surface area contributed by atoms with Crippen LogP contribution in [0.2, 0.25) is 0 Å². The summed E-state index contributed by atoms with van der Waals surface area (Å²) in [4.78, 5) is 11.9. The minimum Gasteiger partial charge on any atom is -0.332 e. The average Bonchev–Trinajstić information content (AvgIpc) is 2.85. The van der Waals surface area contributed by atoms with Gasteiger partial charge in [-0.1, -0.05) is 6.07 Å². The van der Waals surface area contributed by atoms with Gasteiger partial charge < -0.3 is 10.6 Å². The molecular formula is C15H18F2N4O. The van der Waals surface area contributed by atoms with Gasteiger partial charge in [0.2, 0.25) is 0 Å². The summed E-state index contributed by atoms with van der Waals surface area (Å²) in [6.07, 6.45) is 3.46. The fourth-order valence-corrected chi connectivity index (χ4v) is 2.11. The van der Waals surface area contributed by atoms with E-state index in [1.165, 1.54) is 6.07 Å². The van der Waals surface area contributed by atoms with Crippen molar-refractivity contribution >= 4 is 6.03 Å². The molecule has 0 unspecified atom stereocenters. The third kappa shape index (κ3) is 3.81. The molecule has 0 radical (unpaired) electrons. The minimum absolute atomic E-state index is 0.227. The number of aromatic nitrogens is 2. The molecule has 2 aromatic rings. The summed E-state index contributed by atoms with van der Waals surface area (Å²) >= 11 is 0. The topological polar surface area (TPSA) is 59.0 Å². The van der Waals surface area contributed by atoms with Gasteiger partial charge >= 0.3 is 6.03 Å². The van der Waals surface area contributed by atoms with Crippen LogP contribution in [0.5, 0.6) is 0 Å². The highest BCUT2D eigenvalue weighted by Gasteiger charge is 2.16. The molecule has 0 saturated heterocycles. The molecule has 2 atom stereocenters. The normalized spacial score (nSPS) is 13.5. The Morgan fingerprint density at radius 1 is 1.23 bits per heavy atom. The van der Waals surface area contributed by atoms with Crippen LogP contribution in [0.4, 0.5) is 13.6 Å². The van der Waals surface area contributed by atoms with Gasteiger partial charge in [0.1, 0.15) is 11.6 Å². The largest absolute Gasteiger partial charge is 0.332 e. The number of carbonyl (C=O) groups excluding carboxylic acids is 1. The molecular weight excluding hydrogens is 290 g/mol. The van der Waals surface area contributed by atoms with Crippen LogP contribution >= 0.6 is 0 Å². The molecule has 0 aliphatic carbocycles. The third-order valence-electron chi connectivity index (χ3n) is 3.35. The molecule has 1 aromatic heterocycles. The Morgan fingerprint density at radius 3 is 2.50 bits per heavy atom. The SMILES string of the molecule is C[C@@H](NC(=O)N[C@H](C)c1ccc(F)cc1F)c1cnn(C)c1. The molecule has 1 aromatic carbocycles. The smallest absolute Gasteiger partial charge is 0.315 e. The maximum atomic E-state index is 13.7. The zero-order chi connectivity index (χ0) is 16.3. The number of halogens is 2. The van der Waals surface area contributed by atoms with Crippen LogP contribution < -0.4 is 10.6 Å². The molecule has 1 heterocycles. The quantitative estimate of drug-likeness (QED) is 0.912. The predicted molar refractivity (Wildman–Crippen MR) is 78.1 cm³/mol. The number of urea groups is 1. The van der Waals surface area contributed by atoms with Gasteiger partial charge in [0, 0.05) is 30.4 Å². The van der Waals surface area contributed by atoms with Crippen LogP contribution in [-0.2, 0) is 7.05 Å². The Hall–Kier alpha value is -2.44. The fraction of sp³-hybridized carbons (Fsp3) is 0.333. The van der Waals surface area contributed by atoms with Crippen LogP contribution in [0.3, 0.4) is 0 Å². The molecule has 2 rings (SSSR count). The summed E-state index contributed by atoms with van der Waals surface area (Å²) in [6, 6.07) is 2.02. The van der Waals surface area contributed by atoms with Crippen LogP contribution in [0.25, 0.3) is 0 Å². The Morgan fingerprint density at radius 2 is 1.91 bits per heavy atom. The van der Waals surface area contributed by atoms with Crippen LogP contribution in [0.15, 0.2) is 30.6 Å². The van der Waals surface area contributed by atoms with Crippen molar-refractivity contribution < 1.29 is 13.6 Å². The number of nitrogens with zero attached hydrogens (tertiary/aromatic N) is 2. The fourth-order valence-electron chi connectivity index (χ4n) is 2.11. The van der Waals surface area contributed by atoms with Gasteiger partial charge in [-0.15, -0.1) is 0 Å². The van der Waals surface area contributed by atoms with E-state index >= 15 is 0 Å². The monoisotopic (exact) mass is 308 g/mol. The van der Waals surface area contributed by atoms with Crippen LogP contribution in [0, 0.1) is 11.6 Å². The van der Waals surface area contributed by atoms with Gasteiger partial charge in [0.25, 0.3) is 0 Å². The standard InChI is InChI=1S/C15H18F2N4O/c1-9(11-7-18-21(3)8-11)19-15(22)20-10(2)13-5-4-12(16)6-14(13)17/h4-10H,1-3H3,(H2,19,20,22)/t9-,10-/m1/s1. The molecule has 2 amide bonds. The van der Waals surface area contributed by atoms with E-state index in [0.29, 0.717) is 0 Å². The van der Waals surface area contributed by atoms with E-state index in [9.17, 15) is 13.6 Å². The van der Waals surface area contributed by atoms with E-state index in [1.54, 1.807) is 31.0 Å². The zero-order valence-electron chi connectivity index (χ0n) is 12.6. The minimum atomic E-state index is -0.687. The first-order chi connectivity index (χ1) is 10.4. The molecule has 0 spiro atoms. The average molecular weight is 308 g/mol. The maximum Gasteiger partial charge on any atom is 0.315 e. The number of hydrogen-bond acceptors (Lipinski definition) is 2. The van der Waals surface area contributed by atoms with Gasteiger partial charge in [0.05, 0.1) is 18.3 Å². The number of rotatable bonds is 4. The van der Waals surface area contributed by atoms with E-state index in [0.717, 1.165) is 17.7 Å². The number of amides is 2. The van der Waals surface area contributed by atoms with Crippen molar-refractivity contribution in [3.8, 4) is 0 Å². The molecule has 2 N–H and O–H groups in total.